The number of hydrogen-bond donors (Lipinski definition) is 1. The highest BCUT2D eigenvalue weighted by atomic mass is 19.4. The smallest absolute Gasteiger partial charge is 0.271 e. The topological polar surface area (TPSA) is 67.5 Å². The molecule has 0 heterocycles. The van der Waals surface area contributed by atoms with Crippen molar-refractivity contribution in [3.8, 4) is 0 Å². The number of hydrazone groups is 1. The third-order valence-corrected chi connectivity index (χ3v) is 3.34. The SMILES string of the molecule is CC(=NNc1ccc(C(F)(F)F)cc1[N+](=O)[O-])c1ccc(C)cc1. The fraction of sp³-hybridized carbons (Fsp3) is 0.188. The van der Waals surface area contributed by atoms with Gasteiger partial charge in [0, 0.05) is 6.07 Å². The molecule has 0 amide bonds. The summed E-state index contributed by atoms with van der Waals surface area (Å²) in [5.41, 5.74) is 2.99. The number of alkyl halides is 3. The molecule has 0 unspecified atom stereocenters. The molecular formula is C16H14F3N3O2. The number of aryl methyl sites for hydroxylation is 1. The van der Waals surface area contributed by atoms with Crippen LogP contribution in [-0.2, 0) is 6.18 Å². The number of halogens is 3. The van der Waals surface area contributed by atoms with Crippen molar-refractivity contribution in [1.82, 2.24) is 0 Å². The Bertz CT molecular complexity index is 784. The van der Waals surface area contributed by atoms with E-state index < -0.39 is 22.4 Å². The normalized spacial score (nSPS) is 12.1. The van der Waals surface area contributed by atoms with Gasteiger partial charge >= 0.3 is 6.18 Å². The molecule has 1 N–H and O–H groups in total. The van der Waals surface area contributed by atoms with Crippen LogP contribution in [0, 0.1) is 17.0 Å². The van der Waals surface area contributed by atoms with Crippen LogP contribution in [0.15, 0.2) is 47.6 Å². The van der Waals surface area contributed by atoms with Gasteiger partial charge in [-0.2, -0.15) is 18.3 Å². The zero-order valence-corrected chi connectivity index (χ0v) is 12.9. The van der Waals surface area contributed by atoms with E-state index in [0.717, 1.165) is 23.3 Å². The zero-order valence-electron chi connectivity index (χ0n) is 12.9. The molecule has 2 aromatic rings. The summed E-state index contributed by atoms with van der Waals surface area (Å²) in [5, 5.41) is 15.0. The largest absolute Gasteiger partial charge is 0.416 e. The summed E-state index contributed by atoms with van der Waals surface area (Å²) >= 11 is 0. The van der Waals surface area contributed by atoms with Crippen molar-refractivity contribution in [2.75, 3.05) is 5.43 Å². The molecule has 0 aliphatic carbocycles. The third kappa shape index (κ3) is 4.09. The molecule has 8 heteroatoms. The molecule has 2 rings (SSSR count). The lowest BCUT2D eigenvalue weighted by atomic mass is 10.1. The Morgan fingerprint density at radius 1 is 1.17 bits per heavy atom. The Kier molecular flexibility index (Phi) is 4.87. The first-order valence-electron chi connectivity index (χ1n) is 6.91. The van der Waals surface area contributed by atoms with Gasteiger partial charge in [-0.1, -0.05) is 29.8 Å². The molecule has 0 aliphatic rings. The molecule has 0 saturated heterocycles. The van der Waals surface area contributed by atoms with Gasteiger partial charge in [0.15, 0.2) is 0 Å². The second-order valence-corrected chi connectivity index (χ2v) is 5.16. The van der Waals surface area contributed by atoms with Crippen LogP contribution in [0.25, 0.3) is 0 Å². The van der Waals surface area contributed by atoms with E-state index in [0.29, 0.717) is 11.8 Å². The maximum absolute atomic E-state index is 12.7. The van der Waals surface area contributed by atoms with Crippen LogP contribution in [0.5, 0.6) is 0 Å². The van der Waals surface area contributed by atoms with Crippen molar-refractivity contribution in [3.63, 3.8) is 0 Å². The molecule has 0 aromatic heterocycles. The van der Waals surface area contributed by atoms with E-state index in [4.69, 9.17) is 0 Å². The first-order chi connectivity index (χ1) is 11.2. The van der Waals surface area contributed by atoms with Gasteiger partial charge < -0.3 is 0 Å². The minimum absolute atomic E-state index is 0.112. The number of rotatable bonds is 4. The first-order valence-corrected chi connectivity index (χ1v) is 6.91. The number of benzene rings is 2. The molecule has 0 saturated carbocycles. The van der Waals surface area contributed by atoms with Crippen LogP contribution in [-0.4, -0.2) is 10.6 Å². The molecule has 126 valence electrons. The molecule has 5 nitrogen and oxygen atoms in total. The van der Waals surface area contributed by atoms with E-state index in [2.05, 4.69) is 10.5 Å². The molecule has 0 radical (unpaired) electrons. The van der Waals surface area contributed by atoms with Gasteiger partial charge in [0.05, 0.1) is 16.2 Å². The highest BCUT2D eigenvalue weighted by Gasteiger charge is 2.33. The maximum Gasteiger partial charge on any atom is 0.416 e. The molecule has 0 bridgehead atoms. The Balaban J connectivity index is 2.30. The van der Waals surface area contributed by atoms with Crippen LogP contribution in [0.3, 0.4) is 0 Å². The summed E-state index contributed by atoms with van der Waals surface area (Å²) in [4.78, 5) is 10.1. The van der Waals surface area contributed by atoms with Crippen LogP contribution in [0.2, 0.25) is 0 Å². The van der Waals surface area contributed by atoms with Crippen molar-refractivity contribution in [2.24, 2.45) is 5.10 Å². The monoisotopic (exact) mass is 337 g/mol. The first kappa shape index (κ1) is 17.5. The lowest BCUT2D eigenvalue weighted by Crippen LogP contribution is -2.07. The quantitative estimate of drug-likeness (QED) is 0.497. The summed E-state index contributed by atoms with van der Waals surface area (Å²) < 4.78 is 38.0. The van der Waals surface area contributed by atoms with Crippen LogP contribution >= 0.6 is 0 Å². The van der Waals surface area contributed by atoms with Gasteiger partial charge in [-0.25, -0.2) is 0 Å². The lowest BCUT2D eigenvalue weighted by molar-refractivity contribution is -0.384. The molecular weight excluding hydrogens is 323 g/mol. The molecule has 24 heavy (non-hydrogen) atoms. The third-order valence-electron chi connectivity index (χ3n) is 3.34. The fourth-order valence-electron chi connectivity index (χ4n) is 1.96. The van der Waals surface area contributed by atoms with Crippen molar-refractivity contribution in [2.45, 2.75) is 20.0 Å². The Hall–Kier alpha value is -2.90. The standard InChI is InChI=1S/C16H14F3N3O2/c1-10-3-5-12(6-4-10)11(2)20-21-14-8-7-13(16(17,18)19)9-15(14)22(23)24/h3-9,21H,1-2H3. The van der Waals surface area contributed by atoms with Gasteiger partial charge in [0.25, 0.3) is 5.69 Å². The minimum atomic E-state index is -4.65. The second-order valence-electron chi connectivity index (χ2n) is 5.16. The highest BCUT2D eigenvalue weighted by Crippen LogP contribution is 2.34. The zero-order chi connectivity index (χ0) is 17.9. The van der Waals surface area contributed by atoms with E-state index in [1.165, 1.54) is 0 Å². The van der Waals surface area contributed by atoms with Crippen molar-refractivity contribution < 1.29 is 18.1 Å². The number of nitrogens with zero attached hydrogens (tertiary/aromatic N) is 2. The van der Waals surface area contributed by atoms with Crippen LogP contribution in [0.1, 0.15) is 23.6 Å². The Morgan fingerprint density at radius 3 is 2.33 bits per heavy atom. The summed E-state index contributed by atoms with van der Waals surface area (Å²) in [5.74, 6) is 0. The van der Waals surface area contributed by atoms with E-state index in [1.807, 2.05) is 31.2 Å². The fourth-order valence-corrected chi connectivity index (χ4v) is 1.96. The van der Waals surface area contributed by atoms with Gasteiger partial charge in [0.2, 0.25) is 0 Å². The van der Waals surface area contributed by atoms with Crippen LogP contribution < -0.4 is 5.43 Å². The molecule has 0 aliphatic heterocycles. The predicted molar refractivity (Wildman–Crippen MR) is 85.1 cm³/mol. The number of nitro benzene ring substituents is 1. The Morgan fingerprint density at radius 2 is 1.79 bits per heavy atom. The van der Waals surface area contributed by atoms with Gasteiger partial charge in [-0.05, 0) is 31.5 Å². The maximum atomic E-state index is 12.7. The van der Waals surface area contributed by atoms with Crippen molar-refractivity contribution in [1.29, 1.82) is 0 Å². The summed E-state index contributed by atoms with van der Waals surface area (Å²) in [6, 6.07) is 9.68. The predicted octanol–water partition coefficient (Wildman–Crippen LogP) is 4.76. The molecule has 2 aromatic carbocycles. The van der Waals surface area contributed by atoms with Crippen molar-refractivity contribution in [3.05, 3.63) is 69.3 Å². The number of nitro groups is 1. The average Bonchev–Trinajstić information content (AvgIpc) is 2.52. The van der Waals surface area contributed by atoms with E-state index in [-0.39, 0.29) is 5.69 Å². The highest BCUT2D eigenvalue weighted by molar-refractivity contribution is 5.99. The molecule has 0 atom stereocenters. The molecule has 0 spiro atoms. The number of hydrogen-bond acceptors (Lipinski definition) is 4. The van der Waals surface area contributed by atoms with E-state index in [1.54, 1.807) is 6.92 Å². The minimum Gasteiger partial charge on any atom is -0.271 e. The molecule has 0 fully saturated rings. The second kappa shape index (κ2) is 6.69. The van der Waals surface area contributed by atoms with E-state index >= 15 is 0 Å². The van der Waals surface area contributed by atoms with Gasteiger partial charge in [-0.15, -0.1) is 0 Å². The van der Waals surface area contributed by atoms with Crippen molar-refractivity contribution >= 4 is 17.1 Å². The average molecular weight is 337 g/mol. The summed E-state index contributed by atoms with van der Waals surface area (Å²) in [6.45, 7) is 3.62. The lowest BCUT2D eigenvalue weighted by Gasteiger charge is -2.09. The number of anilines is 1. The van der Waals surface area contributed by atoms with Crippen LogP contribution in [0.4, 0.5) is 24.5 Å². The number of nitrogens with one attached hydrogen (secondary N) is 1. The Labute approximate surface area is 136 Å². The van der Waals surface area contributed by atoms with Gasteiger partial charge in [-0.3, -0.25) is 15.5 Å². The van der Waals surface area contributed by atoms with E-state index in [9.17, 15) is 23.3 Å². The van der Waals surface area contributed by atoms with Gasteiger partial charge in [0.1, 0.15) is 5.69 Å². The summed E-state index contributed by atoms with van der Waals surface area (Å²) in [7, 11) is 0. The summed E-state index contributed by atoms with van der Waals surface area (Å²) in [6.07, 6.45) is -4.65.